The van der Waals surface area contributed by atoms with Gasteiger partial charge >= 0.3 is 0 Å². The molecule has 2 N–H and O–H groups in total. The van der Waals surface area contributed by atoms with Gasteiger partial charge in [-0.05, 0) is 51.9 Å². The molecule has 98 valence electrons. The van der Waals surface area contributed by atoms with E-state index in [0.29, 0.717) is 17.9 Å². The fourth-order valence-corrected chi connectivity index (χ4v) is 2.99. The Kier molecular flexibility index (Phi) is 3.31. The first-order chi connectivity index (χ1) is 8.72. The minimum Gasteiger partial charge on any atom is -0.328 e. The number of hydrogen-bond donors (Lipinski definition) is 1. The van der Waals surface area contributed by atoms with E-state index >= 15 is 0 Å². The van der Waals surface area contributed by atoms with Gasteiger partial charge < -0.3 is 10.6 Å². The number of hydrogen-bond acceptors (Lipinski definition) is 4. The first kappa shape index (κ1) is 12.1. The van der Waals surface area contributed by atoms with Crippen molar-refractivity contribution in [2.75, 3.05) is 20.1 Å². The lowest BCUT2D eigenvalue weighted by molar-refractivity contribution is 0.252. The summed E-state index contributed by atoms with van der Waals surface area (Å²) in [5.41, 5.74) is 7.09. The predicted octanol–water partition coefficient (Wildman–Crippen LogP) is 1.49. The SMILES string of the molecule is CN1CCC(c2ccnc(C3CC(N)C3)n2)CC1. The summed E-state index contributed by atoms with van der Waals surface area (Å²) in [6, 6.07) is 2.46. The zero-order chi connectivity index (χ0) is 12.5. The molecule has 4 nitrogen and oxygen atoms in total. The Labute approximate surface area is 109 Å². The summed E-state index contributed by atoms with van der Waals surface area (Å²) in [7, 11) is 2.19. The van der Waals surface area contributed by atoms with E-state index in [-0.39, 0.29) is 0 Å². The largest absolute Gasteiger partial charge is 0.328 e. The third kappa shape index (κ3) is 2.40. The number of piperidine rings is 1. The number of nitrogens with zero attached hydrogens (tertiary/aromatic N) is 3. The predicted molar refractivity (Wildman–Crippen MR) is 71.5 cm³/mol. The van der Waals surface area contributed by atoms with Crippen molar-refractivity contribution in [2.45, 2.75) is 43.6 Å². The van der Waals surface area contributed by atoms with Crippen molar-refractivity contribution in [1.82, 2.24) is 14.9 Å². The number of nitrogens with two attached hydrogens (primary N) is 1. The van der Waals surface area contributed by atoms with Gasteiger partial charge in [-0.3, -0.25) is 0 Å². The second-order valence-electron chi connectivity index (χ2n) is 5.85. The van der Waals surface area contributed by atoms with Crippen LogP contribution >= 0.6 is 0 Å². The molecule has 0 spiro atoms. The van der Waals surface area contributed by atoms with Gasteiger partial charge in [0.25, 0.3) is 0 Å². The van der Waals surface area contributed by atoms with E-state index in [2.05, 4.69) is 23.0 Å². The van der Waals surface area contributed by atoms with Crippen LogP contribution in [0.3, 0.4) is 0 Å². The molecular weight excluding hydrogens is 224 g/mol. The Morgan fingerprint density at radius 3 is 2.61 bits per heavy atom. The Hall–Kier alpha value is -1.00. The molecule has 2 aliphatic rings. The maximum Gasteiger partial charge on any atom is 0.131 e. The van der Waals surface area contributed by atoms with Crippen molar-refractivity contribution < 1.29 is 0 Å². The van der Waals surface area contributed by atoms with Crippen molar-refractivity contribution in [3.63, 3.8) is 0 Å². The van der Waals surface area contributed by atoms with E-state index in [1.165, 1.54) is 31.6 Å². The standard InChI is InChI=1S/C14H22N4/c1-18-6-3-10(4-7-18)13-2-5-16-14(17-13)11-8-12(15)9-11/h2,5,10-12H,3-4,6-9,15H2,1H3. The van der Waals surface area contributed by atoms with Crippen LogP contribution in [-0.4, -0.2) is 41.0 Å². The van der Waals surface area contributed by atoms with Gasteiger partial charge in [0, 0.05) is 29.8 Å². The van der Waals surface area contributed by atoms with Gasteiger partial charge in [0.15, 0.2) is 0 Å². The molecule has 0 amide bonds. The highest BCUT2D eigenvalue weighted by Crippen LogP contribution is 2.34. The Morgan fingerprint density at radius 2 is 1.94 bits per heavy atom. The molecule has 18 heavy (non-hydrogen) atoms. The average molecular weight is 246 g/mol. The molecule has 1 saturated heterocycles. The molecule has 0 radical (unpaired) electrons. The molecule has 4 heteroatoms. The maximum atomic E-state index is 5.84. The van der Waals surface area contributed by atoms with E-state index in [9.17, 15) is 0 Å². The maximum absolute atomic E-state index is 5.84. The van der Waals surface area contributed by atoms with Crippen molar-refractivity contribution in [2.24, 2.45) is 5.73 Å². The second kappa shape index (κ2) is 4.94. The molecule has 3 rings (SSSR count). The Bertz CT molecular complexity index is 406. The van der Waals surface area contributed by atoms with Crippen molar-refractivity contribution in [3.05, 3.63) is 23.8 Å². The monoisotopic (exact) mass is 246 g/mol. The fraction of sp³-hybridized carbons (Fsp3) is 0.714. The topological polar surface area (TPSA) is 55.0 Å². The van der Waals surface area contributed by atoms with Crippen molar-refractivity contribution in [3.8, 4) is 0 Å². The fourth-order valence-electron chi connectivity index (χ4n) is 2.99. The molecule has 2 fully saturated rings. The second-order valence-corrected chi connectivity index (χ2v) is 5.85. The summed E-state index contributed by atoms with van der Waals surface area (Å²) in [5, 5.41) is 0. The van der Waals surface area contributed by atoms with Crippen molar-refractivity contribution in [1.29, 1.82) is 0 Å². The minimum atomic E-state index is 0.366. The zero-order valence-corrected chi connectivity index (χ0v) is 11.0. The summed E-state index contributed by atoms with van der Waals surface area (Å²) in [6.45, 7) is 2.36. The highest BCUT2D eigenvalue weighted by molar-refractivity contribution is 5.14. The summed E-state index contributed by atoms with van der Waals surface area (Å²) < 4.78 is 0. The summed E-state index contributed by atoms with van der Waals surface area (Å²) in [6.07, 6.45) is 6.47. The van der Waals surface area contributed by atoms with E-state index in [0.717, 1.165) is 18.7 Å². The van der Waals surface area contributed by atoms with E-state index in [4.69, 9.17) is 10.7 Å². The van der Waals surface area contributed by atoms with Crippen LogP contribution < -0.4 is 5.73 Å². The van der Waals surface area contributed by atoms with Crippen LogP contribution in [0, 0.1) is 0 Å². The highest BCUT2D eigenvalue weighted by atomic mass is 15.1. The van der Waals surface area contributed by atoms with Gasteiger partial charge in [-0.1, -0.05) is 0 Å². The van der Waals surface area contributed by atoms with Gasteiger partial charge in [0.05, 0.1) is 0 Å². The molecule has 1 aromatic rings. The lowest BCUT2D eigenvalue weighted by atomic mass is 9.80. The molecule has 1 aromatic heterocycles. The molecule has 1 aliphatic heterocycles. The van der Waals surface area contributed by atoms with Gasteiger partial charge in [0.1, 0.15) is 5.82 Å². The van der Waals surface area contributed by atoms with Gasteiger partial charge in [0.2, 0.25) is 0 Å². The minimum absolute atomic E-state index is 0.366. The molecule has 0 atom stereocenters. The van der Waals surface area contributed by atoms with E-state index < -0.39 is 0 Å². The van der Waals surface area contributed by atoms with Crippen molar-refractivity contribution >= 4 is 0 Å². The molecule has 0 unspecified atom stereocenters. The normalized spacial score (nSPS) is 30.1. The lowest BCUT2D eigenvalue weighted by Crippen LogP contribution is -2.36. The summed E-state index contributed by atoms with van der Waals surface area (Å²) in [5.74, 6) is 2.15. The Morgan fingerprint density at radius 1 is 1.22 bits per heavy atom. The van der Waals surface area contributed by atoms with Crippen LogP contribution in [-0.2, 0) is 0 Å². The van der Waals surface area contributed by atoms with Crippen LogP contribution in [0.4, 0.5) is 0 Å². The van der Waals surface area contributed by atoms with Crippen LogP contribution in [0.25, 0.3) is 0 Å². The molecule has 1 saturated carbocycles. The highest BCUT2D eigenvalue weighted by Gasteiger charge is 2.30. The zero-order valence-electron chi connectivity index (χ0n) is 11.0. The smallest absolute Gasteiger partial charge is 0.131 e. The van der Waals surface area contributed by atoms with Crippen LogP contribution in [0.5, 0.6) is 0 Å². The van der Waals surface area contributed by atoms with Gasteiger partial charge in [-0.15, -0.1) is 0 Å². The molecule has 1 aliphatic carbocycles. The van der Waals surface area contributed by atoms with Gasteiger partial charge in [-0.25, -0.2) is 9.97 Å². The third-order valence-electron chi connectivity index (χ3n) is 4.37. The van der Waals surface area contributed by atoms with Crippen LogP contribution in [0.1, 0.15) is 49.0 Å². The van der Waals surface area contributed by atoms with Crippen LogP contribution in [0.15, 0.2) is 12.3 Å². The number of aromatic nitrogens is 2. The Balaban J connectivity index is 1.71. The summed E-state index contributed by atoms with van der Waals surface area (Å²) >= 11 is 0. The summed E-state index contributed by atoms with van der Waals surface area (Å²) in [4.78, 5) is 11.6. The lowest BCUT2D eigenvalue weighted by Gasteiger charge is -2.32. The van der Waals surface area contributed by atoms with E-state index in [1.807, 2.05) is 6.20 Å². The number of likely N-dealkylation sites (tertiary alicyclic amines) is 1. The first-order valence-corrected chi connectivity index (χ1v) is 6.99. The first-order valence-electron chi connectivity index (χ1n) is 6.99. The number of rotatable bonds is 2. The van der Waals surface area contributed by atoms with Crippen LogP contribution in [0.2, 0.25) is 0 Å². The van der Waals surface area contributed by atoms with E-state index in [1.54, 1.807) is 0 Å². The molecular formula is C14H22N4. The average Bonchev–Trinajstić information content (AvgIpc) is 2.36. The molecule has 2 heterocycles. The third-order valence-corrected chi connectivity index (χ3v) is 4.37. The molecule has 0 bridgehead atoms. The van der Waals surface area contributed by atoms with Gasteiger partial charge in [-0.2, -0.15) is 0 Å². The molecule has 0 aromatic carbocycles. The quantitative estimate of drug-likeness (QED) is 0.859.